The number of fused-ring (bicyclic) bond motifs is 2. The lowest BCUT2D eigenvalue weighted by Gasteiger charge is -2.25. The van der Waals surface area contributed by atoms with Gasteiger partial charge in [0.25, 0.3) is 11.5 Å². The molecule has 0 saturated carbocycles. The number of thiazole rings is 1. The predicted octanol–water partition coefficient (Wildman–Crippen LogP) is 5.65. The Labute approximate surface area is 271 Å². The zero-order valence-electron chi connectivity index (χ0n) is 24.4. The first-order valence-corrected chi connectivity index (χ1v) is 15.8. The lowest BCUT2D eigenvalue weighted by molar-refractivity contribution is -0.138. The highest BCUT2D eigenvalue weighted by Crippen LogP contribution is 2.38. The Kier molecular flexibility index (Phi) is 7.72. The van der Waals surface area contributed by atoms with E-state index in [9.17, 15) is 18.8 Å². The van der Waals surface area contributed by atoms with Crippen LogP contribution in [0.2, 0.25) is 5.02 Å². The Morgan fingerprint density at radius 3 is 2.37 bits per heavy atom. The van der Waals surface area contributed by atoms with Gasteiger partial charge in [-0.15, -0.1) is 0 Å². The van der Waals surface area contributed by atoms with Crippen molar-refractivity contribution in [3.63, 3.8) is 0 Å². The molecule has 46 heavy (non-hydrogen) atoms. The van der Waals surface area contributed by atoms with Crippen molar-refractivity contribution in [1.29, 1.82) is 0 Å². The molecular weight excluding hydrogens is 625 g/mol. The Balaban J connectivity index is 1.50. The highest BCUT2D eigenvalue weighted by Gasteiger charge is 2.38. The normalized spacial score (nSPS) is 16.6. The van der Waals surface area contributed by atoms with Crippen LogP contribution < -0.4 is 19.8 Å². The third-order valence-electron chi connectivity index (χ3n) is 7.97. The second-order valence-corrected chi connectivity index (χ2v) is 12.1. The zero-order chi connectivity index (χ0) is 31.9. The number of amides is 1. The van der Waals surface area contributed by atoms with Crippen molar-refractivity contribution in [2.45, 2.75) is 19.5 Å². The molecule has 10 heteroatoms. The molecule has 7 rings (SSSR count). The number of aromatic nitrogens is 1. The van der Waals surface area contributed by atoms with E-state index in [0.717, 1.165) is 16.9 Å². The van der Waals surface area contributed by atoms with Gasteiger partial charge < -0.3 is 9.64 Å². The van der Waals surface area contributed by atoms with Gasteiger partial charge in [-0.1, -0.05) is 102 Å². The number of anilines is 1. The van der Waals surface area contributed by atoms with Crippen LogP contribution in [0.3, 0.4) is 0 Å². The van der Waals surface area contributed by atoms with Crippen molar-refractivity contribution in [3.05, 3.63) is 161 Å². The minimum atomic E-state index is -0.994. The third-order valence-corrected chi connectivity index (χ3v) is 9.39. The SMILES string of the molecule is CCOC(=O)C1=C(c2ccccc2)N=c2s/c(=C3/C(=O)N(Cc4ccccc4Cl)c4ccccc43)c(=O)n2[C@@H]1c1ccc(F)cc1. The van der Waals surface area contributed by atoms with E-state index in [0.29, 0.717) is 37.9 Å². The van der Waals surface area contributed by atoms with Crippen LogP contribution in [0.25, 0.3) is 11.3 Å². The van der Waals surface area contributed by atoms with Crippen molar-refractivity contribution in [2.24, 2.45) is 4.99 Å². The van der Waals surface area contributed by atoms with Crippen LogP contribution in [0.15, 0.2) is 118 Å². The Morgan fingerprint density at radius 2 is 1.63 bits per heavy atom. The second-order valence-electron chi connectivity index (χ2n) is 10.7. The molecule has 0 unspecified atom stereocenters. The second kappa shape index (κ2) is 12.0. The highest BCUT2D eigenvalue weighted by molar-refractivity contribution is 7.07. The Morgan fingerprint density at radius 1 is 0.935 bits per heavy atom. The monoisotopic (exact) mass is 649 g/mol. The van der Waals surface area contributed by atoms with Gasteiger partial charge in [-0.3, -0.25) is 14.2 Å². The Bertz CT molecular complexity index is 2240. The maximum Gasteiger partial charge on any atom is 0.338 e. The van der Waals surface area contributed by atoms with E-state index in [2.05, 4.69) is 0 Å². The third kappa shape index (κ3) is 4.98. The van der Waals surface area contributed by atoms with Crippen molar-refractivity contribution in [1.82, 2.24) is 4.57 Å². The molecule has 0 saturated heterocycles. The van der Waals surface area contributed by atoms with Crippen LogP contribution >= 0.6 is 22.9 Å². The summed E-state index contributed by atoms with van der Waals surface area (Å²) in [7, 11) is 0. The molecule has 5 aromatic rings. The van der Waals surface area contributed by atoms with E-state index in [1.807, 2.05) is 72.8 Å². The zero-order valence-corrected chi connectivity index (χ0v) is 26.0. The number of benzene rings is 4. The number of hydrogen-bond acceptors (Lipinski definition) is 6. The van der Waals surface area contributed by atoms with E-state index in [4.69, 9.17) is 21.3 Å². The number of nitrogens with zero attached hydrogens (tertiary/aromatic N) is 3. The van der Waals surface area contributed by atoms with E-state index in [1.54, 1.807) is 17.9 Å². The fourth-order valence-corrected chi connectivity index (χ4v) is 7.19. The van der Waals surface area contributed by atoms with E-state index < -0.39 is 23.4 Å². The fraction of sp³-hybridized carbons (Fsp3) is 0.111. The number of ether oxygens (including phenoxy) is 1. The standard InChI is InChI=1S/C36H25ClFN3O4S/c1-2-45-35(44)29-30(21-10-4-3-5-11-21)39-36-41(31(29)22-16-18-24(38)19-17-22)34(43)32(46-36)28-25-13-7-9-15-27(25)40(33(28)42)20-23-12-6-8-14-26(23)37/h3-19,31H,2,20H2,1H3/b32-28+/t31-/m1/s1. The lowest BCUT2D eigenvalue weighted by atomic mass is 9.93. The van der Waals surface area contributed by atoms with E-state index >= 15 is 0 Å². The number of esters is 1. The predicted molar refractivity (Wildman–Crippen MR) is 175 cm³/mol. The summed E-state index contributed by atoms with van der Waals surface area (Å²) < 4.78 is 21.2. The smallest absolute Gasteiger partial charge is 0.338 e. The molecule has 228 valence electrons. The first-order chi connectivity index (χ1) is 22.4. The molecule has 0 N–H and O–H groups in total. The molecule has 1 atom stereocenters. The molecule has 2 aliphatic rings. The highest BCUT2D eigenvalue weighted by atomic mass is 35.5. The largest absolute Gasteiger partial charge is 0.463 e. The van der Waals surface area contributed by atoms with Crippen LogP contribution in [-0.4, -0.2) is 23.1 Å². The van der Waals surface area contributed by atoms with Gasteiger partial charge in [0, 0.05) is 16.1 Å². The summed E-state index contributed by atoms with van der Waals surface area (Å²) in [6.07, 6.45) is 0. The number of para-hydroxylation sites is 1. The number of carbonyl (C=O) groups excluding carboxylic acids is 2. The van der Waals surface area contributed by atoms with Gasteiger partial charge >= 0.3 is 5.97 Å². The molecule has 0 radical (unpaired) electrons. The quantitative estimate of drug-likeness (QED) is 0.223. The number of rotatable bonds is 6. The summed E-state index contributed by atoms with van der Waals surface area (Å²) >= 11 is 7.54. The Hall–Kier alpha value is -5.12. The fourth-order valence-electron chi connectivity index (χ4n) is 5.90. The van der Waals surface area contributed by atoms with Gasteiger partial charge in [0.1, 0.15) is 10.3 Å². The lowest BCUT2D eigenvalue weighted by Crippen LogP contribution is -2.41. The van der Waals surface area contributed by atoms with Gasteiger partial charge in [0.05, 0.1) is 41.7 Å². The van der Waals surface area contributed by atoms with Gasteiger partial charge in [-0.05, 0) is 42.3 Å². The summed E-state index contributed by atoms with van der Waals surface area (Å²) in [6.45, 7) is 2.00. The maximum absolute atomic E-state index is 14.5. The molecule has 7 nitrogen and oxygen atoms in total. The van der Waals surface area contributed by atoms with Crippen LogP contribution in [-0.2, 0) is 20.9 Å². The first kappa shape index (κ1) is 29.6. The molecule has 1 amide bonds. The van der Waals surface area contributed by atoms with Gasteiger partial charge in [-0.2, -0.15) is 0 Å². The van der Waals surface area contributed by atoms with Crippen LogP contribution in [0.1, 0.15) is 35.2 Å². The minimum absolute atomic E-state index is 0.0989. The van der Waals surface area contributed by atoms with Gasteiger partial charge in [0.15, 0.2) is 4.80 Å². The van der Waals surface area contributed by atoms with Gasteiger partial charge in [0.2, 0.25) is 0 Å². The van der Waals surface area contributed by atoms with Crippen molar-refractivity contribution in [3.8, 4) is 0 Å². The summed E-state index contributed by atoms with van der Waals surface area (Å²) in [4.78, 5) is 49.2. The summed E-state index contributed by atoms with van der Waals surface area (Å²) in [6, 6.07) is 28.4. The van der Waals surface area contributed by atoms with Crippen molar-refractivity contribution < 1.29 is 18.7 Å². The first-order valence-electron chi connectivity index (χ1n) is 14.6. The van der Waals surface area contributed by atoms with Crippen molar-refractivity contribution in [2.75, 3.05) is 11.5 Å². The molecule has 1 aromatic heterocycles. The molecule has 0 fully saturated rings. The molecule has 4 aromatic carbocycles. The van der Waals surface area contributed by atoms with Crippen LogP contribution in [0, 0.1) is 5.82 Å². The molecule has 0 spiro atoms. The minimum Gasteiger partial charge on any atom is -0.463 e. The van der Waals surface area contributed by atoms with E-state index in [-0.39, 0.29) is 34.7 Å². The van der Waals surface area contributed by atoms with Gasteiger partial charge in [-0.25, -0.2) is 14.2 Å². The average molecular weight is 650 g/mol. The summed E-state index contributed by atoms with van der Waals surface area (Å²) in [5, 5.41) is 0.528. The van der Waals surface area contributed by atoms with Crippen molar-refractivity contribution >= 4 is 51.8 Å². The summed E-state index contributed by atoms with van der Waals surface area (Å²) in [5.74, 6) is -1.46. The number of carbonyl (C=O) groups is 2. The maximum atomic E-state index is 14.5. The van der Waals surface area contributed by atoms with E-state index in [1.165, 1.54) is 28.8 Å². The molecule has 0 bridgehead atoms. The summed E-state index contributed by atoms with van der Waals surface area (Å²) in [5.41, 5.74) is 3.38. The molecular formula is C36H25ClFN3O4S. The number of halogens is 2. The number of hydrogen-bond donors (Lipinski definition) is 0. The average Bonchev–Trinajstić information content (AvgIpc) is 3.54. The van der Waals surface area contributed by atoms with Crippen LogP contribution in [0.4, 0.5) is 10.1 Å². The molecule has 3 heterocycles. The van der Waals surface area contributed by atoms with Crippen LogP contribution in [0.5, 0.6) is 0 Å². The topological polar surface area (TPSA) is 81.0 Å². The molecule has 2 aliphatic heterocycles. The molecule has 0 aliphatic carbocycles.